The average Bonchev–Trinajstić information content (AvgIpc) is 2.46. The number of nitrogens with one attached hydrogen (secondary N) is 1. The second kappa shape index (κ2) is 6.44. The molecule has 0 spiro atoms. The van der Waals surface area contributed by atoms with Gasteiger partial charge >= 0.3 is 0 Å². The van der Waals surface area contributed by atoms with Crippen LogP contribution in [0.5, 0.6) is 0 Å². The number of hydrogen-bond donors (Lipinski definition) is 2. The van der Waals surface area contributed by atoms with Crippen molar-refractivity contribution in [3.8, 4) is 0 Å². The van der Waals surface area contributed by atoms with Crippen LogP contribution in [-0.2, 0) is 11.2 Å². The van der Waals surface area contributed by atoms with Crippen molar-refractivity contribution in [2.75, 3.05) is 5.32 Å². The Kier molecular flexibility index (Phi) is 4.64. The summed E-state index contributed by atoms with van der Waals surface area (Å²) in [5.74, 6) is -0.436. The Hall–Kier alpha value is -2.00. The highest BCUT2D eigenvalue weighted by Crippen LogP contribution is 2.26. The van der Waals surface area contributed by atoms with Crippen LogP contribution in [0, 0.1) is 0 Å². The molecular weight excluding hydrogens is 272 g/mol. The molecule has 0 fully saturated rings. The van der Waals surface area contributed by atoms with Gasteiger partial charge < -0.3 is 11.1 Å². The van der Waals surface area contributed by atoms with Gasteiger partial charge in [0, 0.05) is 0 Å². The first-order chi connectivity index (χ1) is 9.61. The summed E-state index contributed by atoms with van der Waals surface area (Å²) < 4.78 is 0. The number of carbonyl (C=O) groups is 1. The van der Waals surface area contributed by atoms with Crippen LogP contribution in [0.15, 0.2) is 48.5 Å². The second-order valence-corrected chi connectivity index (χ2v) is 4.96. The summed E-state index contributed by atoms with van der Waals surface area (Å²) in [6.07, 6.45) is 0.958. The number of anilines is 1. The van der Waals surface area contributed by atoms with E-state index in [1.807, 2.05) is 42.5 Å². The molecule has 0 heterocycles. The Balaban J connectivity index is 2.27. The minimum Gasteiger partial charge on any atom is -0.369 e. The number of hydrogen-bond acceptors (Lipinski definition) is 2. The van der Waals surface area contributed by atoms with Gasteiger partial charge in [0.25, 0.3) is 0 Å². The summed E-state index contributed by atoms with van der Waals surface area (Å²) in [4.78, 5) is 11.7. The monoisotopic (exact) mass is 288 g/mol. The van der Waals surface area contributed by atoms with Crippen LogP contribution >= 0.6 is 11.6 Å². The average molecular weight is 289 g/mol. The number of nitrogens with two attached hydrogens (primary N) is 1. The molecule has 0 aliphatic heterocycles. The van der Waals surface area contributed by atoms with Gasteiger partial charge in [0.2, 0.25) is 5.91 Å². The summed E-state index contributed by atoms with van der Waals surface area (Å²) in [5.41, 5.74) is 8.23. The Bertz CT molecular complexity index is 596. The van der Waals surface area contributed by atoms with Crippen molar-refractivity contribution < 1.29 is 4.79 Å². The number of aryl methyl sites for hydroxylation is 1. The smallest absolute Gasteiger partial charge is 0.244 e. The third-order valence-corrected chi connectivity index (χ3v) is 3.51. The molecule has 2 aromatic rings. The number of rotatable bonds is 5. The second-order valence-electron chi connectivity index (χ2n) is 4.55. The summed E-state index contributed by atoms with van der Waals surface area (Å²) in [5, 5.41) is 3.65. The standard InChI is InChI=1S/C16H17ClN2O/c1-2-11-7-9-12(10-8-11)15(16(18)20)19-14-6-4-3-5-13(14)17/h3-10,15,19H,2H2,1H3,(H2,18,20). The lowest BCUT2D eigenvalue weighted by Crippen LogP contribution is -2.27. The van der Waals surface area contributed by atoms with Crippen LogP contribution in [0.25, 0.3) is 0 Å². The number of primary amides is 1. The summed E-state index contributed by atoms with van der Waals surface area (Å²) in [7, 11) is 0. The molecular formula is C16H17ClN2O. The van der Waals surface area contributed by atoms with Crippen molar-refractivity contribution in [3.63, 3.8) is 0 Å². The Morgan fingerprint density at radius 1 is 1.20 bits per heavy atom. The fourth-order valence-corrected chi connectivity index (χ4v) is 2.19. The van der Waals surface area contributed by atoms with Crippen LogP contribution in [0.4, 0.5) is 5.69 Å². The predicted molar refractivity (Wildman–Crippen MR) is 82.8 cm³/mol. The zero-order chi connectivity index (χ0) is 14.5. The van der Waals surface area contributed by atoms with E-state index in [0.29, 0.717) is 10.7 Å². The number of carbonyl (C=O) groups excluding carboxylic acids is 1. The maximum absolute atomic E-state index is 11.7. The van der Waals surface area contributed by atoms with E-state index in [-0.39, 0.29) is 0 Å². The van der Waals surface area contributed by atoms with Gasteiger partial charge in [-0.2, -0.15) is 0 Å². The van der Waals surface area contributed by atoms with Crippen molar-refractivity contribution in [1.82, 2.24) is 0 Å². The molecule has 0 aliphatic carbocycles. The molecule has 0 aromatic heterocycles. The number of para-hydroxylation sites is 1. The fourth-order valence-electron chi connectivity index (χ4n) is 2.00. The Morgan fingerprint density at radius 2 is 1.85 bits per heavy atom. The maximum Gasteiger partial charge on any atom is 0.244 e. The lowest BCUT2D eigenvalue weighted by Gasteiger charge is -2.18. The van der Waals surface area contributed by atoms with E-state index in [1.165, 1.54) is 5.56 Å². The highest BCUT2D eigenvalue weighted by atomic mass is 35.5. The predicted octanol–water partition coefficient (Wildman–Crippen LogP) is 3.54. The van der Waals surface area contributed by atoms with Gasteiger partial charge in [0.1, 0.15) is 6.04 Å². The molecule has 3 N–H and O–H groups in total. The Morgan fingerprint density at radius 3 is 2.40 bits per heavy atom. The first-order valence-electron chi connectivity index (χ1n) is 6.51. The quantitative estimate of drug-likeness (QED) is 0.884. The molecule has 1 atom stereocenters. The molecule has 0 aliphatic rings. The van der Waals surface area contributed by atoms with E-state index >= 15 is 0 Å². The SMILES string of the molecule is CCc1ccc(C(Nc2ccccc2Cl)C(N)=O)cc1. The summed E-state index contributed by atoms with van der Waals surface area (Å²) in [6, 6.07) is 14.5. The van der Waals surface area contributed by atoms with Crippen LogP contribution in [0.2, 0.25) is 5.02 Å². The molecule has 2 rings (SSSR count). The zero-order valence-corrected chi connectivity index (χ0v) is 12.0. The molecule has 2 aromatic carbocycles. The summed E-state index contributed by atoms with van der Waals surface area (Å²) in [6.45, 7) is 2.09. The van der Waals surface area contributed by atoms with Gasteiger partial charge in [0.05, 0.1) is 10.7 Å². The van der Waals surface area contributed by atoms with Crippen LogP contribution < -0.4 is 11.1 Å². The molecule has 0 saturated heterocycles. The molecule has 0 bridgehead atoms. The van der Waals surface area contributed by atoms with E-state index in [2.05, 4.69) is 12.2 Å². The molecule has 1 unspecified atom stereocenters. The molecule has 0 radical (unpaired) electrons. The van der Waals surface area contributed by atoms with E-state index < -0.39 is 11.9 Å². The number of halogens is 1. The van der Waals surface area contributed by atoms with Gasteiger partial charge in [-0.15, -0.1) is 0 Å². The minimum atomic E-state index is -0.596. The topological polar surface area (TPSA) is 55.1 Å². The number of benzene rings is 2. The highest BCUT2D eigenvalue weighted by Gasteiger charge is 2.18. The van der Waals surface area contributed by atoms with E-state index in [9.17, 15) is 4.79 Å². The summed E-state index contributed by atoms with van der Waals surface area (Å²) >= 11 is 6.09. The van der Waals surface area contributed by atoms with Crippen molar-refractivity contribution in [1.29, 1.82) is 0 Å². The first kappa shape index (κ1) is 14.4. The van der Waals surface area contributed by atoms with Gasteiger partial charge in [-0.05, 0) is 29.7 Å². The molecule has 0 saturated carbocycles. The van der Waals surface area contributed by atoms with Gasteiger partial charge in [-0.25, -0.2) is 0 Å². The third kappa shape index (κ3) is 3.31. The third-order valence-electron chi connectivity index (χ3n) is 3.18. The molecule has 3 nitrogen and oxygen atoms in total. The van der Waals surface area contributed by atoms with Gasteiger partial charge in [0.15, 0.2) is 0 Å². The first-order valence-corrected chi connectivity index (χ1v) is 6.89. The molecule has 104 valence electrons. The normalized spacial score (nSPS) is 11.9. The lowest BCUT2D eigenvalue weighted by atomic mass is 10.0. The van der Waals surface area contributed by atoms with E-state index in [0.717, 1.165) is 12.0 Å². The van der Waals surface area contributed by atoms with Crippen molar-refractivity contribution in [3.05, 3.63) is 64.7 Å². The fraction of sp³-hybridized carbons (Fsp3) is 0.188. The Labute approximate surface area is 123 Å². The number of amides is 1. The maximum atomic E-state index is 11.7. The van der Waals surface area contributed by atoms with Crippen molar-refractivity contribution in [2.24, 2.45) is 5.73 Å². The van der Waals surface area contributed by atoms with E-state index in [4.69, 9.17) is 17.3 Å². The lowest BCUT2D eigenvalue weighted by molar-refractivity contribution is -0.118. The minimum absolute atomic E-state index is 0.436. The van der Waals surface area contributed by atoms with E-state index in [1.54, 1.807) is 6.07 Å². The molecule has 1 amide bonds. The largest absolute Gasteiger partial charge is 0.369 e. The van der Waals surface area contributed by atoms with Gasteiger partial charge in [-0.3, -0.25) is 4.79 Å². The van der Waals surface area contributed by atoms with Gasteiger partial charge in [-0.1, -0.05) is 54.9 Å². The van der Waals surface area contributed by atoms with Crippen LogP contribution in [-0.4, -0.2) is 5.91 Å². The van der Waals surface area contributed by atoms with Crippen LogP contribution in [0.3, 0.4) is 0 Å². The molecule has 4 heteroatoms. The zero-order valence-electron chi connectivity index (χ0n) is 11.3. The van der Waals surface area contributed by atoms with Crippen LogP contribution in [0.1, 0.15) is 24.1 Å². The van der Waals surface area contributed by atoms with Crippen molar-refractivity contribution in [2.45, 2.75) is 19.4 Å². The highest BCUT2D eigenvalue weighted by molar-refractivity contribution is 6.33. The molecule has 20 heavy (non-hydrogen) atoms. The van der Waals surface area contributed by atoms with Crippen molar-refractivity contribution >= 4 is 23.2 Å².